The highest BCUT2D eigenvalue weighted by Crippen LogP contribution is 2.67. The van der Waals surface area contributed by atoms with Crippen molar-refractivity contribution in [2.24, 2.45) is 10.8 Å². The molecule has 0 saturated carbocycles. The Morgan fingerprint density at radius 2 is 0.659 bits per heavy atom. The number of hydrogen-bond donors (Lipinski definition) is 0. The highest BCUT2D eigenvalue weighted by atomic mass is 16.7. The zero-order valence-electron chi connectivity index (χ0n) is 25.2. The van der Waals surface area contributed by atoms with Crippen LogP contribution in [0.1, 0.15) is 63.8 Å². The quantitative estimate of drug-likeness (QED) is 0.208. The Labute approximate surface area is 245 Å². The standard InChI is InChI=1S/C38H42O3/c1-33(2,3)35(27-39-35)37(29-19-11-7-12-20-29,30-21-13-8-14-22-30)41-38(31-23-15-9-16-24-31,32-25-17-10-18-26-32)36(28-40-36)34(4,5)6/h7-26H,27-28H2,1-6H3. The summed E-state index contributed by atoms with van der Waals surface area (Å²) in [6.45, 7) is 14.8. The Hall–Kier alpha value is -3.24. The Bertz CT molecular complexity index is 1260. The van der Waals surface area contributed by atoms with Gasteiger partial charge in [0, 0.05) is 0 Å². The van der Waals surface area contributed by atoms with E-state index in [0.29, 0.717) is 13.2 Å². The second-order valence-corrected chi connectivity index (χ2v) is 13.7. The van der Waals surface area contributed by atoms with Crippen molar-refractivity contribution in [1.82, 2.24) is 0 Å². The topological polar surface area (TPSA) is 34.3 Å². The number of epoxide rings is 2. The van der Waals surface area contributed by atoms with Gasteiger partial charge in [-0.2, -0.15) is 0 Å². The van der Waals surface area contributed by atoms with Crippen LogP contribution in [0.15, 0.2) is 121 Å². The molecule has 2 fully saturated rings. The molecule has 0 spiro atoms. The molecule has 6 rings (SSSR count). The molecule has 0 N–H and O–H groups in total. The molecule has 4 aromatic rings. The van der Waals surface area contributed by atoms with Crippen molar-refractivity contribution in [3.05, 3.63) is 144 Å². The molecule has 0 bridgehead atoms. The molecule has 2 aliphatic heterocycles. The highest BCUT2D eigenvalue weighted by Gasteiger charge is 2.77. The van der Waals surface area contributed by atoms with Gasteiger partial charge in [0.25, 0.3) is 0 Å². The fraction of sp³-hybridized carbons (Fsp3) is 0.368. The largest absolute Gasteiger partial charge is 0.365 e. The Morgan fingerprint density at radius 1 is 0.439 bits per heavy atom. The minimum absolute atomic E-state index is 0.253. The van der Waals surface area contributed by atoms with Crippen LogP contribution in [0, 0.1) is 10.8 Å². The van der Waals surface area contributed by atoms with E-state index in [1.165, 1.54) is 0 Å². The zero-order valence-corrected chi connectivity index (χ0v) is 25.2. The van der Waals surface area contributed by atoms with Gasteiger partial charge in [-0.15, -0.1) is 0 Å². The van der Waals surface area contributed by atoms with Crippen LogP contribution in [0.3, 0.4) is 0 Å². The Kier molecular flexibility index (Phi) is 6.57. The Morgan fingerprint density at radius 3 is 0.829 bits per heavy atom. The van der Waals surface area contributed by atoms with E-state index >= 15 is 0 Å². The van der Waals surface area contributed by atoms with E-state index in [1.54, 1.807) is 0 Å². The average molecular weight is 547 g/mol. The van der Waals surface area contributed by atoms with E-state index < -0.39 is 22.4 Å². The summed E-state index contributed by atoms with van der Waals surface area (Å²) in [6, 6.07) is 42.7. The van der Waals surface area contributed by atoms with Crippen LogP contribution in [-0.2, 0) is 25.4 Å². The van der Waals surface area contributed by atoms with E-state index in [1.807, 2.05) is 0 Å². The van der Waals surface area contributed by atoms with Crippen molar-refractivity contribution in [3.63, 3.8) is 0 Å². The fourth-order valence-electron chi connectivity index (χ4n) is 7.06. The van der Waals surface area contributed by atoms with Crippen LogP contribution < -0.4 is 0 Å². The third-order valence-corrected chi connectivity index (χ3v) is 9.45. The van der Waals surface area contributed by atoms with Gasteiger partial charge in [0.05, 0.1) is 13.2 Å². The van der Waals surface area contributed by atoms with Crippen molar-refractivity contribution in [2.45, 2.75) is 63.9 Å². The summed E-state index contributed by atoms with van der Waals surface area (Å²) >= 11 is 0. The van der Waals surface area contributed by atoms with E-state index in [0.717, 1.165) is 22.3 Å². The predicted octanol–water partition coefficient (Wildman–Crippen LogP) is 8.52. The number of benzene rings is 4. The summed E-state index contributed by atoms with van der Waals surface area (Å²) in [6.07, 6.45) is 0. The van der Waals surface area contributed by atoms with Crippen LogP contribution >= 0.6 is 0 Å². The predicted molar refractivity (Wildman–Crippen MR) is 165 cm³/mol. The van der Waals surface area contributed by atoms with Gasteiger partial charge in [-0.25, -0.2) is 0 Å². The monoisotopic (exact) mass is 546 g/mol. The molecule has 3 nitrogen and oxygen atoms in total. The molecule has 4 aromatic carbocycles. The number of ether oxygens (including phenoxy) is 3. The second kappa shape index (κ2) is 9.66. The molecule has 3 heteroatoms. The number of rotatable bonds is 8. The molecule has 2 aliphatic rings. The van der Waals surface area contributed by atoms with Gasteiger partial charge >= 0.3 is 0 Å². The maximum atomic E-state index is 8.23. The molecule has 2 unspecified atom stereocenters. The molecular formula is C38H42O3. The van der Waals surface area contributed by atoms with Crippen molar-refractivity contribution in [2.75, 3.05) is 13.2 Å². The lowest BCUT2D eigenvalue weighted by Gasteiger charge is -2.54. The molecular weight excluding hydrogens is 504 g/mol. The zero-order chi connectivity index (χ0) is 29.0. The summed E-state index contributed by atoms with van der Waals surface area (Å²) in [4.78, 5) is 0. The third-order valence-electron chi connectivity index (χ3n) is 9.45. The average Bonchev–Trinajstić information content (AvgIpc) is 3.90. The maximum absolute atomic E-state index is 8.23. The lowest BCUT2D eigenvalue weighted by molar-refractivity contribution is -0.218. The first-order chi connectivity index (χ1) is 19.5. The first-order valence-electron chi connectivity index (χ1n) is 14.7. The summed E-state index contributed by atoms with van der Waals surface area (Å²) < 4.78 is 21.6. The fourth-order valence-corrected chi connectivity index (χ4v) is 7.06. The summed E-state index contributed by atoms with van der Waals surface area (Å²) in [5.41, 5.74) is 0.566. The highest BCUT2D eigenvalue weighted by molar-refractivity contribution is 5.49. The molecule has 41 heavy (non-hydrogen) atoms. The molecule has 0 amide bonds. The van der Waals surface area contributed by atoms with Crippen LogP contribution in [0.25, 0.3) is 0 Å². The molecule has 2 atom stereocenters. The SMILES string of the molecule is CC(C)(C)C1(C(OC(c2ccccc2)(c2ccccc2)C2(C(C)(C)C)CO2)(c2ccccc2)c2ccccc2)CO1. The summed E-state index contributed by atoms with van der Waals surface area (Å²) in [5, 5.41) is 0. The van der Waals surface area contributed by atoms with Crippen LogP contribution in [0.5, 0.6) is 0 Å². The molecule has 212 valence electrons. The first kappa shape index (κ1) is 27.9. The smallest absolute Gasteiger partial charge is 0.152 e. The minimum Gasteiger partial charge on any atom is -0.365 e. The van der Waals surface area contributed by atoms with Gasteiger partial charge in [-0.05, 0) is 33.1 Å². The van der Waals surface area contributed by atoms with E-state index in [2.05, 4.69) is 163 Å². The minimum atomic E-state index is -0.969. The molecule has 2 saturated heterocycles. The van der Waals surface area contributed by atoms with Gasteiger partial charge in [-0.3, -0.25) is 0 Å². The molecule has 0 aliphatic carbocycles. The normalized spacial score (nSPS) is 22.8. The van der Waals surface area contributed by atoms with Crippen LogP contribution in [0.4, 0.5) is 0 Å². The van der Waals surface area contributed by atoms with E-state index in [9.17, 15) is 0 Å². The van der Waals surface area contributed by atoms with Gasteiger partial charge < -0.3 is 14.2 Å². The summed E-state index contributed by atoms with van der Waals surface area (Å²) in [5.74, 6) is 0. The Balaban J connectivity index is 1.77. The lowest BCUT2D eigenvalue weighted by atomic mass is 9.61. The van der Waals surface area contributed by atoms with Crippen molar-refractivity contribution in [1.29, 1.82) is 0 Å². The van der Waals surface area contributed by atoms with Crippen molar-refractivity contribution in [3.8, 4) is 0 Å². The lowest BCUT2D eigenvalue weighted by Crippen LogP contribution is -2.62. The summed E-state index contributed by atoms with van der Waals surface area (Å²) in [7, 11) is 0. The van der Waals surface area contributed by atoms with Crippen LogP contribution in [0.2, 0.25) is 0 Å². The maximum Gasteiger partial charge on any atom is 0.152 e. The molecule has 0 aromatic heterocycles. The third kappa shape index (κ3) is 4.05. The van der Waals surface area contributed by atoms with Gasteiger partial charge in [0.15, 0.2) is 11.2 Å². The van der Waals surface area contributed by atoms with Gasteiger partial charge in [-0.1, -0.05) is 163 Å². The van der Waals surface area contributed by atoms with E-state index in [4.69, 9.17) is 14.2 Å². The molecule has 2 heterocycles. The van der Waals surface area contributed by atoms with Gasteiger partial charge in [0.1, 0.15) is 11.2 Å². The second-order valence-electron chi connectivity index (χ2n) is 13.7. The van der Waals surface area contributed by atoms with Crippen molar-refractivity contribution < 1.29 is 14.2 Å². The van der Waals surface area contributed by atoms with Gasteiger partial charge in [0.2, 0.25) is 0 Å². The molecule has 0 radical (unpaired) electrons. The first-order valence-corrected chi connectivity index (χ1v) is 14.7. The van der Waals surface area contributed by atoms with Crippen LogP contribution in [-0.4, -0.2) is 24.4 Å². The van der Waals surface area contributed by atoms with E-state index in [-0.39, 0.29) is 10.8 Å². The van der Waals surface area contributed by atoms with Crippen molar-refractivity contribution >= 4 is 0 Å². The number of hydrogen-bond acceptors (Lipinski definition) is 3.